The maximum absolute atomic E-state index is 12.7. The summed E-state index contributed by atoms with van der Waals surface area (Å²) in [6, 6.07) is 8.84. The van der Waals surface area contributed by atoms with Crippen molar-refractivity contribution in [2.75, 3.05) is 0 Å². The number of hydrogen-bond donors (Lipinski definition) is 2. The average Bonchev–Trinajstić information content (AvgIpc) is 3.01. The van der Waals surface area contributed by atoms with Crippen LogP contribution in [-0.2, 0) is 17.6 Å². The first-order valence-electron chi connectivity index (χ1n) is 16.9. The van der Waals surface area contributed by atoms with Gasteiger partial charge in [0.1, 0.15) is 17.2 Å². The van der Waals surface area contributed by atoms with Crippen molar-refractivity contribution >= 4 is 23.6 Å². The first-order valence-corrected chi connectivity index (χ1v) is 17.2. The van der Waals surface area contributed by atoms with Crippen LogP contribution < -0.4 is 4.74 Å². The van der Waals surface area contributed by atoms with Gasteiger partial charge in [0.2, 0.25) is 0 Å². The molecule has 248 valence electrons. The third-order valence-corrected chi connectivity index (χ3v) is 7.78. The number of halogens is 1. The molecule has 0 saturated heterocycles. The molecular weight excluding hydrogens is 592 g/mol. The van der Waals surface area contributed by atoms with E-state index in [0.717, 1.165) is 48.8 Å². The molecule has 0 radical (unpaired) electrons. The molecule has 2 aromatic rings. The zero-order valence-corrected chi connectivity index (χ0v) is 28.7. The van der Waals surface area contributed by atoms with Gasteiger partial charge in [-0.15, -0.1) is 0 Å². The second-order valence-corrected chi connectivity index (χ2v) is 12.4. The predicted molar refractivity (Wildman–Crippen MR) is 196 cm³/mol. The Bertz CT molecular complexity index is 1360. The number of esters is 1. The van der Waals surface area contributed by atoms with Gasteiger partial charge in [-0.05, 0) is 67.0 Å². The van der Waals surface area contributed by atoms with E-state index in [1.165, 1.54) is 44.6 Å². The number of phenols is 2. The van der Waals surface area contributed by atoms with E-state index in [1.54, 1.807) is 30.4 Å². The molecule has 0 aromatic heterocycles. The van der Waals surface area contributed by atoms with Crippen LogP contribution in [0.5, 0.6) is 17.2 Å². The second kappa shape index (κ2) is 23.6. The van der Waals surface area contributed by atoms with Crippen molar-refractivity contribution < 1.29 is 19.7 Å². The first-order chi connectivity index (χ1) is 22.3. The third kappa shape index (κ3) is 17.1. The Kier molecular flexibility index (Phi) is 19.7. The number of allylic oxidation sites excluding steroid dienone is 10. The summed E-state index contributed by atoms with van der Waals surface area (Å²) in [5, 5.41) is 20.7. The molecular formula is C41H53ClO4. The average molecular weight is 645 g/mol. The minimum Gasteiger partial charge on any atom is -0.508 e. The van der Waals surface area contributed by atoms with E-state index in [4.69, 9.17) is 16.3 Å². The summed E-state index contributed by atoms with van der Waals surface area (Å²) in [6.45, 7) is 6.65. The number of carbonyl (C=O) groups is 1. The van der Waals surface area contributed by atoms with Gasteiger partial charge in [0.05, 0.1) is 5.02 Å². The van der Waals surface area contributed by atoms with E-state index in [0.29, 0.717) is 23.1 Å². The molecule has 46 heavy (non-hydrogen) atoms. The summed E-state index contributed by atoms with van der Waals surface area (Å²) in [5.41, 5.74) is 2.62. The zero-order valence-electron chi connectivity index (χ0n) is 28.0. The topological polar surface area (TPSA) is 66.8 Å². The molecule has 0 aliphatic heterocycles. The number of rotatable bonds is 21. The van der Waals surface area contributed by atoms with E-state index < -0.39 is 5.97 Å². The Morgan fingerprint density at radius 3 is 1.98 bits per heavy atom. The molecule has 0 atom stereocenters. The highest BCUT2D eigenvalue weighted by atomic mass is 35.5. The van der Waals surface area contributed by atoms with Crippen molar-refractivity contribution in [2.24, 2.45) is 5.92 Å². The summed E-state index contributed by atoms with van der Waals surface area (Å²) in [7, 11) is 0. The van der Waals surface area contributed by atoms with Crippen molar-refractivity contribution in [3.63, 3.8) is 0 Å². The van der Waals surface area contributed by atoms with Crippen LogP contribution in [0.3, 0.4) is 0 Å². The molecule has 0 unspecified atom stereocenters. The Balaban J connectivity index is 1.88. The number of carbonyl (C=O) groups excluding carboxylic acids is 1. The van der Waals surface area contributed by atoms with Gasteiger partial charge in [-0.2, -0.15) is 0 Å². The van der Waals surface area contributed by atoms with Crippen LogP contribution in [0, 0.1) is 5.92 Å². The van der Waals surface area contributed by atoms with Crippen LogP contribution >= 0.6 is 11.6 Å². The minimum atomic E-state index is -0.461. The minimum absolute atomic E-state index is 0.0708. The Hall–Kier alpha value is -3.76. The summed E-state index contributed by atoms with van der Waals surface area (Å²) in [4.78, 5) is 12.7. The van der Waals surface area contributed by atoms with Gasteiger partial charge in [-0.1, -0.05) is 157 Å². The monoisotopic (exact) mass is 644 g/mol. The number of phenolic OH excluding ortho intramolecular Hbond substituents is 2. The van der Waals surface area contributed by atoms with Crippen molar-refractivity contribution in [3.8, 4) is 17.2 Å². The molecule has 2 N–H and O–H groups in total. The maximum atomic E-state index is 12.7. The molecule has 5 heteroatoms. The van der Waals surface area contributed by atoms with Gasteiger partial charge >= 0.3 is 5.97 Å². The van der Waals surface area contributed by atoms with E-state index in [9.17, 15) is 15.0 Å². The third-order valence-electron chi connectivity index (χ3n) is 7.48. The highest BCUT2D eigenvalue weighted by Gasteiger charge is 2.14. The lowest BCUT2D eigenvalue weighted by Crippen LogP contribution is -2.07. The van der Waals surface area contributed by atoms with Crippen molar-refractivity contribution in [2.45, 2.75) is 97.8 Å². The largest absolute Gasteiger partial charge is 0.508 e. The van der Waals surface area contributed by atoms with Gasteiger partial charge in [0.25, 0.3) is 0 Å². The zero-order chi connectivity index (χ0) is 33.4. The fraction of sp³-hybridized carbons (Fsp3) is 0.390. The van der Waals surface area contributed by atoms with E-state index >= 15 is 0 Å². The van der Waals surface area contributed by atoms with Crippen LogP contribution in [0.2, 0.25) is 5.02 Å². The summed E-state index contributed by atoms with van der Waals surface area (Å²) < 4.78 is 5.77. The fourth-order valence-corrected chi connectivity index (χ4v) is 5.10. The van der Waals surface area contributed by atoms with E-state index in [1.807, 2.05) is 66.8 Å². The predicted octanol–water partition coefficient (Wildman–Crippen LogP) is 11.8. The molecule has 0 aliphatic rings. The molecule has 2 aromatic carbocycles. The molecule has 0 bridgehead atoms. The maximum Gasteiger partial charge on any atom is 0.336 e. The number of aromatic hydroxyl groups is 2. The Morgan fingerprint density at radius 1 is 0.739 bits per heavy atom. The number of benzene rings is 2. The molecule has 0 heterocycles. The van der Waals surface area contributed by atoms with Gasteiger partial charge in [-0.25, -0.2) is 4.79 Å². The lowest BCUT2D eigenvalue weighted by Gasteiger charge is -2.14. The Morgan fingerprint density at radius 2 is 1.35 bits per heavy atom. The molecule has 0 fully saturated rings. The van der Waals surface area contributed by atoms with Crippen LogP contribution in [0.4, 0.5) is 0 Å². The SMILES string of the molecule is CCCCCCCCCCc1c(O)cc(CCCC(C)C)cc1OC(=O)C=CC=CC=CC=CC=CC=Cc1ccc(O)c(Cl)c1. The number of unbranched alkanes of at least 4 members (excludes halogenated alkanes) is 7. The van der Waals surface area contributed by atoms with Gasteiger partial charge in [0, 0.05) is 11.6 Å². The molecule has 0 amide bonds. The fourth-order valence-electron chi connectivity index (χ4n) is 4.91. The number of aryl methyl sites for hydroxylation is 1. The normalized spacial score (nSPS) is 12.5. The van der Waals surface area contributed by atoms with Crippen LogP contribution in [0.25, 0.3) is 6.08 Å². The van der Waals surface area contributed by atoms with Gasteiger partial charge < -0.3 is 14.9 Å². The van der Waals surface area contributed by atoms with Crippen molar-refractivity contribution in [3.05, 3.63) is 119 Å². The molecule has 0 saturated carbocycles. The summed E-state index contributed by atoms with van der Waals surface area (Å²) in [6.07, 6.45) is 35.2. The summed E-state index contributed by atoms with van der Waals surface area (Å²) in [5.74, 6) is 0.932. The Labute approximate surface area is 282 Å². The van der Waals surface area contributed by atoms with Crippen LogP contribution in [0.1, 0.15) is 102 Å². The molecule has 0 aliphatic carbocycles. The summed E-state index contributed by atoms with van der Waals surface area (Å²) >= 11 is 5.92. The van der Waals surface area contributed by atoms with Crippen LogP contribution in [-0.4, -0.2) is 16.2 Å². The van der Waals surface area contributed by atoms with E-state index in [-0.39, 0.29) is 11.5 Å². The smallest absolute Gasteiger partial charge is 0.336 e. The highest BCUT2D eigenvalue weighted by Crippen LogP contribution is 2.33. The van der Waals surface area contributed by atoms with Crippen molar-refractivity contribution in [1.82, 2.24) is 0 Å². The van der Waals surface area contributed by atoms with Gasteiger partial charge in [0.15, 0.2) is 0 Å². The molecule has 4 nitrogen and oxygen atoms in total. The molecule has 2 rings (SSSR count). The standard InChI is InChI=1S/C41H53ClO4/c1-4-5-6-7-8-14-17-20-26-36-39(44)31-35(25-22-23-33(2)3)32-40(36)46-41(45)27-21-18-15-12-10-9-11-13-16-19-24-34-28-29-38(43)37(42)30-34/h9-13,15-16,18-19,21,24,27-33,43-44H,4-8,14,17,20,22-23,25-26H2,1-3H3. The number of ether oxygens (including phenoxy) is 1. The molecule has 0 spiro atoms. The lowest BCUT2D eigenvalue weighted by molar-refractivity contribution is -0.129. The van der Waals surface area contributed by atoms with Crippen molar-refractivity contribution in [1.29, 1.82) is 0 Å². The van der Waals surface area contributed by atoms with Gasteiger partial charge in [-0.3, -0.25) is 0 Å². The highest BCUT2D eigenvalue weighted by molar-refractivity contribution is 6.32. The quantitative estimate of drug-likeness (QED) is 0.0466. The lowest BCUT2D eigenvalue weighted by atomic mass is 9.98. The first kappa shape index (κ1) is 38.4. The van der Waals surface area contributed by atoms with Crippen LogP contribution in [0.15, 0.2) is 97.2 Å². The second-order valence-electron chi connectivity index (χ2n) is 12.0. The van der Waals surface area contributed by atoms with E-state index in [2.05, 4.69) is 20.8 Å². The number of hydrogen-bond acceptors (Lipinski definition) is 4.